The van der Waals surface area contributed by atoms with E-state index in [2.05, 4.69) is 0 Å². The fraction of sp³-hybridized carbons (Fsp3) is 0. The van der Waals surface area contributed by atoms with Gasteiger partial charge in [0.1, 0.15) is 5.69 Å². The molecule has 0 heterocycles. The Morgan fingerprint density at radius 1 is 1.27 bits per heavy atom. The zero-order valence-corrected chi connectivity index (χ0v) is 10.5. The van der Waals surface area contributed by atoms with Crippen LogP contribution in [0.4, 0.5) is 11.4 Å². The Morgan fingerprint density at radius 3 is 2.27 bits per heavy atom. The maximum absolute atomic E-state index is 10.4. The number of para-hydroxylation sites is 2. The van der Waals surface area contributed by atoms with Gasteiger partial charge in [-0.25, -0.2) is 8.42 Å². The van der Waals surface area contributed by atoms with Crippen LogP contribution in [0.5, 0.6) is 0 Å². The molecular weight excluding hydrogens is 235 g/mol. The number of hydrogen-bond acceptors (Lipinski definition) is 5. The van der Waals surface area contributed by atoms with Gasteiger partial charge >= 0.3 is 29.6 Å². The Labute approximate surface area is 108 Å². The summed E-state index contributed by atoms with van der Waals surface area (Å²) >= 11 is 0. The Bertz CT molecular complexity index is 460. The summed E-state index contributed by atoms with van der Waals surface area (Å²) in [6.07, 6.45) is 0. The van der Waals surface area contributed by atoms with Crippen molar-refractivity contribution < 1.29 is 47.5 Å². The summed E-state index contributed by atoms with van der Waals surface area (Å²) in [5.74, 6) is 0. The molecule has 0 aromatic heterocycles. The summed E-state index contributed by atoms with van der Waals surface area (Å²) in [6.45, 7) is 0. The van der Waals surface area contributed by atoms with Gasteiger partial charge in [0.05, 0.1) is 4.92 Å². The van der Waals surface area contributed by atoms with Crippen LogP contribution in [0.25, 0.3) is 0 Å². The molecule has 0 fully saturated rings. The van der Waals surface area contributed by atoms with Gasteiger partial charge in [-0.05, 0) is 6.07 Å². The van der Waals surface area contributed by atoms with E-state index in [-0.39, 0.29) is 35.2 Å². The molecule has 0 aliphatic rings. The second-order valence-electron chi connectivity index (χ2n) is 2.33. The third-order valence-electron chi connectivity index (χ3n) is 1.34. The molecule has 1 aromatic carbocycles. The fourth-order valence-corrected chi connectivity index (χ4v) is 1.30. The molecule has 76 valence electrons. The Balaban J connectivity index is 0.00000196. The summed E-state index contributed by atoms with van der Waals surface area (Å²) in [5, 5.41) is 10.4. The molecule has 0 saturated carbocycles. The van der Waals surface area contributed by atoms with E-state index >= 15 is 0 Å². The minimum absolute atomic E-state index is 0. The number of nitro groups is 1. The molecule has 0 amide bonds. The van der Waals surface area contributed by atoms with Gasteiger partial charge in [-0.15, -0.1) is 0 Å². The van der Waals surface area contributed by atoms with Crippen LogP contribution in [0, 0.1) is 10.1 Å². The normalized spacial score (nSPS) is 10.2. The van der Waals surface area contributed by atoms with Crippen LogP contribution in [0.2, 0.25) is 0 Å². The van der Waals surface area contributed by atoms with Gasteiger partial charge in [0.15, 0.2) is 10.3 Å². The molecule has 15 heavy (non-hydrogen) atoms. The maximum Gasteiger partial charge on any atom is 1.00 e. The van der Waals surface area contributed by atoms with Crippen molar-refractivity contribution in [1.82, 2.24) is 0 Å². The molecule has 1 N–H and O–H groups in total. The molecule has 0 radical (unpaired) electrons. The number of nitro benzene ring substituents is 1. The quantitative estimate of drug-likeness (QED) is 0.271. The number of hydrogen-bond donors (Lipinski definition) is 1. The molecule has 1 aromatic rings. The molecule has 0 bridgehead atoms. The van der Waals surface area contributed by atoms with Crippen molar-refractivity contribution in [2.45, 2.75) is 0 Å². The molecule has 0 aliphatic carbocycles. The summed E-state index contributed by atoms with van der Waals surface area (Å²) in [4.78, 5) is 9.59. The third kappa shape index (κ3) is 4.58. The van der Waals surface area contributed by atoms with Crippen molar-refractivity contribution in [3.63, 3.8) is 0 Å². The van der Waals surface area contributed by atoms with Crippen LogP contribution in [-0.2, 0) is 10.3 Å². The number of rotatable bonds is 3. The first-order valence-electron chi connectivity index (χ1n) is 3.37. The first kappa shape index (κ1) is 14.3. The van der Waals surface area contributed by atoms with Crippen LogP contribution < -0.4 is 34.3 Å². The number of anilines is 1. The topological polar surface area (TPSA) is 112 Å². The van der Waals surface area contributed by atoms with Gasteiger partial charge in [0.2, 0.25) is 0 Å². The van der Waals surface area contributed by atoms with Crippen molar-refractivity contribution in [1.29, 1.82) is 0 Å². The molecule has 0 atom stereocenters. The van der Waals surface area contributed by atoms with E-state index in [4.69, 9.17) is 0 Å². The van der Waals surface area contributed by atoms with E-state index in [1.807, 2.05) is 0 Å². The zero-order chi connectivity index (χ0) is 10.8. The first-order chi connectivity index (χ1) is 6.40. The van der Waals surface area contributed by atoms with E-state index in [9.17, 15) is 23.1 Å². The zero-order valence-electron chi connectivity index (χ0n) is 7.71. The van der Waals surface area contributed by atoms with E-state index in [0.717, 1.165) is 12.1 Å². The SMILES string of the molecule is O=[N+]([O-])c1ccccc1NS(=O)(=O)[O-].[Na+]. The van der Waals surface area contributed by atoms with Crippen molar-refractivity contribution in [3.05, 3.63) is 34.4 Å². The van der Waals surface area contributed by atoms with Gasteiger partial charge in [-0.3, -0.25) is 14.8 Å². The van der Waals surface area contributed by atoms with Gasteiger partial charge in [0, 0.05) is 6.07 Å². The van der Waals surface area contributed by atoms with Gasteiger partial charge in [-0.1, -0.05) is 12.1 Å². The average Bonchev–Trinajstić information content (AvgIpc) is 2.01. The third-order valence-corrected chi connectivity index (χ3v) is 1.81. The molecule has 0 aliphatic heterocycles. The predicted octanol–water partition coefficient (Wildman–Crippen LogP) is -2.53. The summed E-state index contributed by atoms with van der Waals surface area (Å²) in [7, 11) is -4.74. The fourth-order valence-electron chi connectivity index (χ4n) is 0.854. The van der Waals surface area contributed by atoms with Crippen molar-refractivity contribution in [2.75, 3.05) is 4.72 Å². The summed E-state index contributed by atoms with van der Waals surface area (Å²) in [5.41, 5.74) is -0.806. The van der Waals surface area contributed by atoms with Crippen molar-refractivity contribution in [3.8, 4) is 0 Å². The molecule has 1 rings (SSSR count). The summed E-state index contributed by atoms with van der Waals surface area (Å²) < 4.78 is 32.4. The molecule has 0 saturated heterocycles. The van der Waals surface area contributed by atoms with Gasteiger partial charge in [0.25, 0.3) is 5.69 Å². The number of nitrogens with one attached hydrogen (secondary N) is 1. The van der Waals surface area contributed by atoms with Crippen molar-refractivity contribution >= 4 is 21.7 Å². The second kappa shape index (κ2) is 5.42. The minimum atomic E-state index is -4.74. The largest absolute Gasteiger partial charge is 1.00 e. The smallest absolute Gasteiger partial charge is 0.731 e. The Morgan fingerprint density at radius 2 is 1.80 bits per heavy atom. The number of nitrogens with zero attached hydrogens (tertiary/aromatic N) is 1. The minimum Gasteiger partial charge on any atom is -0.731 e. The van der Waals surface area contributed by atoms with Crippen LogP contribution in [0.15, 0.2) is 24.3 Å². The monoisotopic (exact) mass is 240 g/mol. The standard InChI is InChI=1S/C6H6N2O5S.Na/c9-8(10)6-4-2-1-3-5(6)7-14(11,12)13;/h1-4,7H,(H,11,12,13);/q;+1/p-1. The summed E-state index contributed by atoms with van der Waals surface area (Å²) in [6, 6.07) is 4.96. The van der Waals surface area contributed by atoms with Gasteiger partial charge < -0.3 is 4.55 Å². The van der Waals surface area contributed by atoms with Crippen LogP contribution in [0.1, 0.15) is 0 Å². The molecular formula is C6H5N2NaO5S. The number of benzene rings is 1. The average molecular weight is 240 g/mol. The molecule has 0 spiro atoms. The van der Waals surface area contributed by atoms with E-state index in [0.29, 0.717) is 0 Å². The second-order valence-corrected chi connectivity index (χ2v) is 3.44. The maximum atomic E-state index is 10.4. The van der Waals surface area contributed by atoms with E-state index in [1.54, 1.807) is 0 Å². The molecule has 9 heteroatoms. The first-order valence-corrected chi connectivity index (χ1v) is 4.78. The van der Waals surface area contributed by atoms with Gasteiger partial charge in [-0.2, -0.15) is 0 Å². The van der Waals surface area contributed by atoms with Crippen LogP contribution in [0.3, 0.4) is 0 Å². The molecule has 7 nitrogen and oxygen atoms in total. The van der Waals surface area contributed by atoms with E-state index in [1.165, 1.54) is 16.9 Å². The predicted molar refractivity (Wildman–Crippen MR) is 46.4 cm³/mol. The van der Waals surface area contributed by atoms with E-state index < -0.39 is 20.9 Å². The Hall–Kier alpha value is -0.670. The van der Waals surface area contributed by atoms with Crippen LogP contribution in [-0.4, -0.2) is 17.9 Å². The van der Waals surface area contributed by atoms with Crippen molar-refractivity contribution in [2.24, 2.45) is 0 Å². The molecule has 0 unspecified atom stereocenters. The Kier molecular flexibility index (Phi) is 5.18. The van der Waals surface area contributed by atoms with Crippen LogP contribution >= 0.6 is 0 Å².